The van der Waals surface area contributed by atoms with E-state index in [9.17, 15) is 0 Å². The lowest BCUT2D eigenvalue weighted by molar-refractivity contribution is 0.365. The van der Waals surface area contributed by atoms with Crippen LogP contribution in [0.25, 0.3) is 0 Å². The van der Waals surface area contributed by atoms with Crippen LogP contribution in [0.15, 0.2) is 30.3 Å². The van der Waals surface area contributed by atoms with Crippen molar-refractivity contribution in [2.75, 3.05) is 0 Å². The highest BCUT2D eigenvalue weighted by Crippen LogP contribution is 2.50. The number of hydrogen-bond acceptors (Lipinski definition) is 1. The fraction of sp³-hybridized carbons (Fsp3) is 0.667. The van der Waals surface area contributed by atoms with Crippen LogP contribution < -0.4 is 5.73 Å². The quantitative estimate of drug-likeness (QED) is 0.718. The smallest absolute Gasteiger partial charge is 0.00758 e. The molecule has 1 saturated carbocycles. The molecule has 0 bridgehead atoms. The molecule has 1 aromatic carbocycles. The first-order chi connectivity index (χ1) is 9.26. The zero-order chi connectivity index (χ0) is 13.7. The second-order valence-corrected chi connectivity index (χ2v) is 6.23. The Morgan fingerprint density at radius 2 is 1.95 bits per heavy atom. The zero-order valence-corrected chi connectivity index (χ0v) is 12.5. The van der Waals surface area contributed by atoms with Gasteiger partial charge in [0.15, 0.2) is 0 Å². The van der Waals surface area contributed by atoms with Gasteiger partial charge in [0.25, 0.3) is 0 Å². The highest BCUT2D eigenvalue weighted by Gasteiger charge is 2.42. The van der Waals surface area contributed by atoms with Crippen molar-refractivity contribution < 1.29 is 0 Å². The fourth-order valence-corrected chi connectivity index (χ4v) is 3.31. The second kappa shape index (κ2) is 7.09. The minimum absolute atomic E-state index is 0.409. The summed E-state index contributed by atoms with van der Waals surface area (Å²) in [4.78, 5) is 0. The monoisotopic (exact) mass is 259 g/mol. The molecule has 0 radical (unpaired) electrons. The number of unbranched alkanes of at least 4 members (excludes halogenated alkanes) is 1. The maximum absolute atomic E-state index is 6.45. The molecule has 19 heavy (non-hydrogen) atoms. The highest BCUT2D eigenvalue weighted by atomic mass is 14.7. The summed E-state index contributed by atoms with van der Waals surface area (Å²) in [7, 11) is 0. The summed E-state index contributed by atoms with van der Waals surface area (Å²) in [6.07, 6.45) is 7.85. The molecular weight excluding hydrogens is 230 g/mol. The van der Waals surface area contributed by atoms with E-state index < -0.39 is 0 Å². The molecular formula is C18H29N. The molecule has 1 aliphatic rings. The van der Waals surface area contributed by atoms with Crippen LogP contribution in [-0.2, 0) is 0 Å². The van der Waals surface area contributed by atoms with Crippen LogP contribution in [-0.4, -0.2) is 6.04 Å². The summed E-state index contributed by atoms with van der Waals surface area (Å²) in [5.41, 5.74) is 7.95. The maximum atomic E-state index is 6.45. The van der Waals surface area contributed by atoms with Crippen LogP contribution in [0.4, 0.5) is 0 Å². The van der Waals surface area contributed by atoms with Crippen molar-refractivity contribution in [3.8, 4) is 0 Å². The molecule has 0 aromatic heterocycles. The Morgan fingerprint density at radius 3 is 2.58 bits per heavy atom. The van der Waals surface area contributed by atoms with Crippen molar-refractivity contribution in [3.05, 3.63) is 35.9 Å². The maximum Gasteiger partial charge on any atom is 0.00758 e. The molecule has 2 N–H and O–H groups in total. The van der Waals surface area contributed by atoms with E-state index in [1.807, 2.05) is 0 Å². The van der Waals surface area contributed by atoms with Crippen molar-refractivity contribution in [1.82, 2.24) is 0 Å². The largest absolute Gasteiger partial charge is 0.327 e. The Hall–Kier alpha value is -0.820. The Kier molecular flexibility index (Phi) is 5.45. The summed E-state index contributed by atoms with van der Waals surface area (Å²) < 4.78 is 0. The highest BCUT2D eigenvalue weighted by molar-refractivity contribution is 5.26. The van der Waals surface area contributed by atoms with E-state index in [4.69, 9.17) is 5.73 Å². The van der Waals surface area contributed by atoms with Gasteiger partial charge in [-0.2, -0.15) is 0 Å². The molecule has 1 fully saturated rings. The molecule has 0 heterocycles. The van der Waals surface area contributed by atoms with Crippen molar-refractivity contribution >= 4 is 0 Å². The summed E-state index contributed by atoms with van der Waals surface area (Å²) in [6.45, 7) is 4.59. The lowest BCUT2D eigenvalue weighted by atomic mass is 9.90. The minimum atomic E-state index is 0.409. The van der Waals surface area contributed by atoms with Gasteiger partial charge in [0.05, 0.1) is 0 Å². The van der Waals surface area contributed by atoms with Crippen molar-refractivity contribution in [2.45, 2.75) is 64.3 Å². The van der Waals surface area contributed by atoms with E-state index in [0.717, 1.165) is 17.8 Å². The number of hydrogen-bond donors (Lipinski definition) is 1. The van der Waals surface area contributed by atoms with Gasteiger partial charge in [-0.1, -0.05) is 69.9 Å². The van der Waals surface area contributed by atoms with Crippen molar-refractivity contribution in [1.29, 1.82) is 0 Å². The Morgan fingerprint density at radius 1 is 1.21 bits per heavy atom. The van der Waals surface area contributed by atoms with Crippen LogP contribution >= 0.6 is 0 Å². The first kappa shape index (κ1) is 14.6. The predicted molar refractivity (Wildman–Crippen MR) is 83.2 cm³/mol. The zero-order valence-electron chi connectivity index (χ0n) is 12.5. The van der Waals surface area contributed by atoms with Crippen LogP contribution in [0.3, 0.4) is 0 Å². The van der Waals surface area contributed by atoms with Crippen molar-refractivity contribution in [3.63, 3.8) is 0 Å². The molecule has 1 aromatic rings. The van der Waals surface area contributed by atoms with Gasteiger partial charge < -0.3 is 5.73 Å². The van der Waals surface area contributed by atoms with Crippen LogP contribution in [0.2, 0.25) is 0 Å². The van der Waals surface area contributed by atoms with E-state index in [0.29, 0.717) is 6.04 Å². The van der Waals surface area contributed by atoms with Gasteiger partial charge in [0, 0.05) is 6.04 Å². The average molecular weight is 259 g/mol. The van der Waals surface area contributed by atoms with Crippen molar-refractivity contribution in [2.24, 2.45) is 17.6 Å². The van der Waals surface area contributed by atoms with E-state index in [2.05, 4.69) is 44.2 Å². The predicted octanol–water partition coefficient (Wildman–Crippen LogP) is 4.72. The third kappa shape index (κ3) is 4.07. The SMILES string of the molecule is CCCCC(CC)CC(N)C1CC1c1ccccc1. The number of benzene rings is 1. The Balaban J connectivity index is 1.80. The van der Waals surface area contributed by atoms with Gasteiger partial charge >= 0.3 is 0 Å². The van der Waals surface area contributed by atoms with E-state index >= 15 is 0 Å². The lowest BCUT2D eigenvalue weighted by Gasteiger charge is -2.19. The molecule has 1 aliphatic carbocycles. The van der Waals surface area contributed by atoms with E-state index in [-0.39, 0.29) is 0 Å². The standard InChI is InChI=1S/C18H29N/c1-3-5-9-14(4-2)12-18(19)17-13-16(17)15-10-7-6-8-11-15/h6-8,10-11,14,16-18H,3-5,9,12-13,19H2,1-2H3. The fourth-order valence-electron chi connectivity index (χ4n) is 3.31. The molecule has 1 nitrogen and oxygen atoms in total. The number of rotatable bonds is 8. The normalized spacial score (nSPS) is 25.0. The molecule has 0 amide bonds. The van der Waals surface area contributed by atoms with E-state index in [1.54, 1.807) is 0 Å². The molecule has 4 unspecified atom stereocenters. The van der Waals surface area contributed by atoms with Crippen LogP contribution in [0.5, 0.6) is 0 Å². The summed E-state index contributed by atoms with van der Waals surface area (Å²) >= 11 is 0. The molecule has 0 saturated heterocycles. The van der Waals surface area contributed by atoms with Crippen LogP contribution in [0, 0.1) is 11.8 Å². The molecule has 2 rings (SSSR count). The first-order valence-electron chi connectivity index (χ1n) is 8.06. The average Bonchev–Trinajstić information content (AvgIpc) is 3.24. The van der Waals surface area contributed by atoms with Gasteiger partial charge in [-0.05, 0) is 36.2 Å². The summed E-state index contributed by atoms with van der Waals surface area (Å²) in [5.74, 6) is 2.31. The van der Waals surface area contributed by atoms with Gasteiger partial charge in [-0.15, -0.1) is 0 Å². The Labute approximate surface area is 118 Å². The lowest BCUT2D eigenvalue weighted by Crippen LogP contribution is -2.26. The molecule has 0 aliphatic heterocycles. The van der Waals surface area contributed by atoms with Gasteiger partial charge in [-0.3, -0.25) is 0 Å². The van der Waals surface area contributed by atoms with Gasteiger partial charge in [0.2, 0.25) is 0 Å². The molecule has 106 valence electrons. The first-order valence-corrected chi connectivity index (χ1v) is 8.06. The molecule has 1 heteroatoms. The van der Waals surface area contributed by atoms with Gasteiger partial charge in [-0.25, -0.2) is 0 Å². The topological polar surface area (TPSA) is 26.0 Å². The van der Waals surface area contributed by atoms with Gasteiger partial charge in [0.1, 0.15) is 0 Å². The Bertz CT molecular complexity index is 359. The van der Waals surface area contributed by atoms with Crippen LogP contribution in [0.1, 0.15) is 63.9 Å². The minimum Gasteiger partial charge on any atom is -0.327 e. The number of nitrogens with two attached hydrogens (primary N) is 1. The molecule has 0 spiro atoms. The summed E-state index contributed by atoms with van der Waals surface area (Å²) in [5, 5.41) is 0. The third-order valence-corrected chi connectivity index (χ3v) is 4.77. The molecule has 4 atom stereocenters. The second-order valence-electron chi connectivity index (χ2n) is 6.23. The van der Waals surface area contributed by atoms with E-state index in [1.165, 1.54) is 44.1 Å². The third-order valence-electron chi connectivity index (χ3n) is 4.77. The summed E-state index contributed by atoms with van der Waals surface area (Å²) in [6, 6.07) is 11.3.